The van der Waals surface area contributed by atoms with Crippen molar-refractivity contribution < 1.29 is 0 Å². The molecule has 1 aromatic rings. The Hall–Kier alpha value is -0.570. The molecular formula is C6H10ClN3. The Balaban J connectivity index is 2.83. The molecule has 1 aromatic heterocycles. The molecule has 0 aliphatic rings. The number of hydrogen-bond donors (Lipinski definition) is 0. The molecular weight excluding hydrogens is 150 g/mol. The first-order valence-corrected chi connectivity index (χ1v) is 3.67. The quantitative estimate of drug-likeness (QED) is 0.654. The van der Waals surface area contributed by atoms with Gasteiger partial charge in [0.2, 0.25) is 5.28 Å². The zero-order chi connectivity index (χ0) is 7.56. The van der Waals surface area contributed by atoms with Crippen LogP contribution < -0.4 is 0 Å². The maximum Gasteiger partial charge on any atom is 0.224 e. The smallest absolute Gasteiger partial charge is 0.224 e. The van der Waals surface area contributed by atoms with Crippen molar-refractivity contribution in [3.05, 3.63) is 11.1 Å². The Labute approximate surface area is 65.0 Å². The van der Waals surface area contributed by atoms with E-state index in [0.717, 1.165) is 18.7 Å². The topological polar surface area (TPSA) is 30.7 Å². The molecule has 0 atom stereocenters. The lowest BCUT2D eigenvalue weighted by atomic mass is 10.3. The highest BCUT2D eigenvalue weighted by Gasteiger charge is 2.03. The summed E-state index contributed by atoms with van der Waals surface area (Å²) in [7, 11) is 1.87. The van der Waals surface area contributed by atoms with Crippen LogP contribution in [0.2, 0.25) is 5.28 Å². The molecule has 56 valence electrons. The predicted octanol–water partition coefficient (Wildman–Crippen LogP) is 1.42. The molecule has 1 heterocycles. The highest BCUT2D eigenvalue weighted by Crippen LogP contribution is 2.05. The minimum Gasteiger partial charge on any atom is -0.305 e. The lowest BCUT2D eigenvalue weighted by Gasteiger charge is -1.95. The largest absolute Gasteiger partial charge is 0.305 e. The molecule has 0 amide bonds. The summed E-state index contributed by atoms with van der Waals surface area (Å²) < 4.78 is 1.80. The molecule has 0 N–H and O–H groups in total. The van der Waals surface area contributed by atoms with Gasteiger partial charge in [0.05, 0.1) is 0 Å². The van der Waals surface area contributed by atoms with E-state index in [4.69, 9.17) is 11.6 Å². The van der Waals surface area contributed by atoms with Crippen molar-refractivity contribution in [2.75, 3.05) is 0 Å². The Morgan fingerprint density at radius 3 is 2.60 bits per heavy atom. The van der Waals surface area contributed by atoms with E-state index in [0.29, 0.717) is 5.28 Å². The molecule has 3 nitrogen and oxygen atoms in total. The average Bonchev–Trinajstić information content (AvgIpc) is 2.20. The van der Waals surface area contributed by atoms with E-state index < -0.39 is 0 Å². The third kappa shape index (κ3) is 1.29. The van der Waals surface area contributed by atoms with Crippen LogP contribution in [0.1, 0.15) is 19.2 Å². The van der Waals surface area contributed by atoms with Crippen LogP contribution >= 0.6 is 11.6 Å². The zero-order valence-corrected chi connectivity index (χ0v) is 6.89. The van der Waals surface area contributed by atoms with Crippen molar-refractivity contribution in [2.45, 2.75) is 19.8 Å². The van der Waals surface area contributed by atoms with Gasteiger partial charge in [0.25, 0.3) is 0 Å². The summed E-state index contributed by atoms with van der Waals surface area (Å²) in [5.41, 5.74) is 0. The van der Waals surface area contributed by atoms with Crippen molar-refractivity contribution in [2.24, 2.45) is 7.05 Å². The first-order chi connectivity index (χ1) is 4.75. The summed E-state index contributed by atoms with van der Waals surface area (Å²) in [6, 6.07) is 0. The van der Waals surface area contributed by atoms with Crippen LogP contribution in [0.3, 0.4) is 0 Å². The maximum absolute atomic E-state index is 5.65. The molecule has 0 bridgehead atoms. The molecule has 0 saturated heterocycles. The minimum atomic E-state index is 0.462. The van der Waals surface area contributed by atoms with E-state index in [2.05, 4.69) is 17.1 Å². The molecule has 0 aliphatic carbocycles. The van der Waals surface area contributed by atoms with Gasteiger partial charge < -0.3 is 4.57 Å². The summed E-state index contributed by atoms with van der Waals surface area (Å²) in [4.78, 5) is 0. The van der Waals surface area contributed by atoms with Gasteiger partial charge in [-0.05, 0) is 18.0 Å². The first kappa shape index (κ1) is 7.54. The van der Waals surface area contributed by atoms with Crippen molar-refractivity contribution in [1.29, 1.82) is 0 Å². The van der Waals surface area contributed by atoms with E-state index >= 15 is 0 Å². The molecule has 4 heteroatoms. The molecule has 0 spiro atoms. The fourth-order valence-electron chi connectivity index (χ4n) is 0.781. The average molecular weight is 160 g/mol. The normalized spacial score (nSPS) is 10.3. The number of aromatic nitrogens is 3. The molecule has 1 rings (SSSR count). The Kier molecular flexibility index (Phi) is 2.27. The fourth-order valence-corrected chi connectivity index (χ4v) is 0.916. The van der Waals surface area contributed by atoms with E-state index in [-0.39, 0.29) is 0 Å². The van der Waals surface area contributed by atoms with Gasteiger partial charge in [0.15, 0.2) is 0 Å². The van der Waals surface area contributed by atoms with Gasteiger partial charge in [-0.25, -0.2) is 0 Å². The SMILES string of the molecule is CCCc1nnc(Cl)n1C. The maximum atomic E-state index is 5.65. The van der Waals surface area contributed by atoms with Crippen molar-refractivity contribution in [3.63, 3.8) is 0 Å². The highest BCUT2D eigenvalue weighted by atomic mass is 35.5. The third-order valence-corrected chi connectivity index (χ3v) is 1.71. The van der Waals surface area contributed by atoms with Crippen LogP contribution in [0.25, 0.3) is 0 Å². The number of nitrogens with zero attached hydrogens (tertiary/aromatic N) is 3. The molecule has 0 radical (unpaired) electrons. The zero-order valence-electron chi connectivity index (χ0n) is 6.13. The number of aryl methyl sites for hydroxylation is 1. The first-order valence-electron chi connectivity index (χ1n) is 3.29. The predicted molar refractivity (Wildman–Crippen MR) is 40.0 cm³/mol. The van der Waals surface area contributed by atoms with E-state index in [1.54, 1.807) is 4.57 Å². The van der Waals surface area contributed by atoms with Gasteiger partial charge in [-0.1, -0.05) is 6.92 Å². The lowest BCUT2D eigenvalue weighted by molar-refractivity contribution is 0.757. The van der Waals surface area contributed by atoms with E-state index in [1.807, 2.05) is 7.05 Å². The standard InChI is InChI=1S/C6H10ClN3/c1-3-4-5-8-9-6(7)10(5)2/h3-4H2,1-2H3. The molecule has 0 aromatic carbocycles. The van der Waals surface area contributed by atoms with Gasteiger partial charge in [0.1, 0.15) is 5.82 Å². The summed E-state index contributed by atoms with van der Waals surface area (Å²) in [6.45, 7) is 2.10. The van der Waals surface area contributed by atoms with Gasteiger partial charge in [-0.15, -0.1) is 10.2 Å². The number of halogens is 1. The highest BCUT2D eigenvalue weighted by molar-refractivity contribution is 6.28. The number of rotatable bonds is 2. The van der Waals surface area contributed by atoms with Crippen LogP contribution in [0, 0.1) is 0 Å². The fraction of sp³-hybridized carbons (Fsp3) is 0.667. The third-order valence-electron chi connectivity index (χ3n) is 1.39. The Morgan fingerprint density at radius 1 is 1.50 bits per heavy atom. The van der Waals surface area contributed by atoms with E-state index in [9.17, 15) is 0 Å². The monoisotopic (exact) mass is 159 g/mol. The van der Waals surface area contributed by atoms with Crippen LogP contribution in [-0.4, -0.2) is 14.8 Å². The lowest BCUT2D eigenvalue weighted by Crippen LogP contribution is -1.96. The van der Waals surface area contributed by atoms with Gasteiger partial charge in [0, 0.05) is 13.5 Å². The summed E-state index contributed by atoms with van der Waals surface area (Å²) in [5.74, 6) is 0.951. The van der Waals surface area contributed by atoms with Crippen LogP contribution in [-0.2, 0) is 13.5 Å². The molecule has 0 saturated carbocycles. The van der Waals surface area contributed by atoms with Gasteiger partial charge in [-0.3, -0.25) is 0 Å². The van der Waals surface area contributed by atoms with Crippen molar-refractivity contribution >= 4 is 11.6 Å². The Bertz CT molecular complexity index is 219. The molecule has 10 heavy (non-hydrogen) atoms. The van der Waals surface area contributed by atoms with Crippen LogP contribution in [0.5, 0.6) is 0 Å². The summed E-state index contributed by atoms with van der Waals surface area (Å²) in [5, 5.41) is 8.06. The second-order valence-electron chi connectivity index (χ2n) is 2.19. The molecule has 0 unspecified atom stereocenters. The molecule has 0 fully saturated rings. The Morgan fingerprint density at radius 2 is 2.20 bits per heavy atom. The summed E-state index contributed by atoms with van der Waals surface area (Å²) >= 11 is 5.65. The van der Waals surface area contributed by atoms with Crippen molar-refractivity contribution in [1.82, 2.24) is 14.8 Å². The second kappa shape index (κ2) is 3.01. The van der Waals surface area contributed by atoms with Gasteiger partial charge >= 0.3 is 0 Å². The molecule has 0 aliphatic heterocycles. The van der Waals surface area contributed by atoms with E-state index in [1.165, 1.54) is 0 Å². The summed E-state index contributed by atoms with van der Waals surface area (Å²) in [6.07, 6.45) is 2.01. The van der Waals surface area contributed by atoms with Gasteiger partial charge in [-0.2, -0.15) is 0 Å². The number of hydrogen-bond acceptors (Lipinski definition) is 2. The second-order valence-corrected chi connectivity index (χ2v) is 2.53. The van der Waals surface area contributed by atoms with Crippen molar-refractivity contribution in [3.8, 4) is 0 Å². The van der Waals surface area contributed by atoms with Crippen LogP contribution in [0.15, 0.2) is 0 Å². The van der Waals surface area contributed by atoms with Crippen LogP contribution in [0.4, 0.5) is 0 Å². The minimum absolute atomic E-state index is 0.462.